The molecule has 124 valence electrons. The first kappa shape index (κ1) is 14.9. The van der Waals surface area contributed by atoms with E-state index in [1.54, 1.807) is 0 Å². The summed E-state index contributed by atoms with van der Waals surface area (Å²) in [6.45, 7) is 3.99. The Morgan fingerprint density at radius 2 is 2.17 bits per heavy atom. The molecule has 1 fully saturated rings. The Morgan fingerprint density at radius 1 is 1.33 bits per heavy atom. The number of anilines is 1. The van der Waals surface area contributed by atoms with Crippen LogP contribution in [0, 0.1) is 5.92 Å². The minimum atomic E-state index is -0.0611. The molecule has 0 bridgehead atoms. The van der Waals surface area contributed by atoms with Gasteiger partial charge in [-0.3, -0.25) is 9.78 Å². The van der Waals surface area contributed by atoms with Gasteiger partial charge in [-0.25, -0.2) is 4.98 Å². The predicted octanol–water partition coefficient (Wildman–Crippen LogP) is 2.89. The van der Waals surface area contributed by atoms with Gasteiger partial charge >= 0.3 is 5.97 Å². The number of carbonyl (C=O) groups is 1. The molecule has 0 unspecified atom stereocenters. The largest absolute Gasteiger partial charge is 0.466 e. The molecule has 3 aromatic heterocycles. The number of hydrogen-bond donors (Lipinski definition) is 1. The van der Waals surface area contributed by atoms with Crippen LogP contribution in [0.15, 0.2) is 30.7 Å². The van der Waals surface area contributed by atoms with Crippen molar-refractivity contribution in [1.29, 1.82) is 0 Å². The van der Waals surface area contributed by atoms with E-state index >= 15 is 0 Å². The molecule has 1 aliphatic rings. The van der Waals surface area contributed by atoms with Gasteiger partial charge in [0.05, 0.1) is 24.2 Å². The van der Waals surface area contributed by atoms with Crippen molar-refractivity contribution >= 4 is 33.6 Å². The summed E-state index contributed by atoms with van der Waals surface area (Å²) < 4.78 is 5.16. The Labute approximate surface area is 139 Å². The molecule has 0 aliphatic carbocycles. The highest BCUT2D eigenvalue weighted by molar-refractivity contribution is 6.09. The zero-order valence-electron chi connectivity index (χ0n) is 13.7. The quantitative estimate of drug-likeness (QED) is 0.750. The monoisotopic (exact) mass is 324 g/mol. The summed E-state index contributed by atoms with van der Waals surface area (Å²) in [6, 6.07) is 4.10. The number of fused-ring (bicyclic) bond motifs is 3. The summed E-state index contributed by atoms with van der Waals surface area (Å²) in [5.74, 6) is -0.0443. The second-order valence-corrected chi connectivity index (χ2v) is 6.10. The number of pyridine rings is 2. The number of piperidine rings is 1. The maximum atomic E-state index is 11.9. The van der Waals surface area contributed by atoms with Gasteiger partial charge in [0.15, 0.2) is 0 Å². The lowest BCUT2D eigenvalue weighted by atomic mass is 9.96. The van der Waals surface area contributed by atoms with Crippen LogP contribution in [0.3, 0.4) is 0 Å². The van der Waals surface area contributed by atoms with Crippen molar-refractivity contribution in [2.24, 2.45) is 5.92 Å². The summed E-state index contributed by atoms with van der Waals surface area (Å²) in [7, 11) is 0. The molecule has 4 rings (SSSR count). The molecule has 4 heterocycles. The van der Waals surface area contributed by atoms with Crippen LogP contribution in [0.2, 0.25) is 0 Å². The van der Waals surface area contributed by atoms with Crippen LogP contribution >= 0.6 is 0 Å². The molecule has 0 aromatic carbocycles. The standard InChI is InChI=1S/C18H20N4O2/c1-2-24-18(23)12-5-9-22(10-6-12)15-4-8-19-14-11-21-17-13(16(14)15)3-7-20-17/h3-4,7-8,11-12H,2,5-6,9-10H2,1H3,(H,20,21). The van der Waals surface area contributed by atoms with Gasteiger partial charge in [-0.15, -0.1) is 0 Å². The van der Waals surface area contributed by atoms with E-state index in [2.05, 4.69) is 25.9 Å². The molecule has 24 heavy (non-hydrogen) atoms. The van der Waals surface area contributed by atoms with E-state index in [1.807, 2.05) is 31.6 Å². The Balaban J connectivity index is 1.66. The van der Waals surface area contributed by atoms with Crippen molar-refractivity contribution in [3.05, 3.63) is 30.7 Å². The van der Waals surface area contributed by atoms with Gasteiger partial charge in [0.25, 0.3) is 0 Å². The number of aromatic nitrogens is 3. The zero-order valence-corrected chi connectivity index (χ0v) is 13.7. The van der Waals surface area contributed by atoms with Crippen molar-refractivity contribution in [3.8, 4) is 0 Å². The lowest BCUT2D eigenvalue weighted by molar-refractivity contribution is -0.148. The van der Waals surface area contributed by atoms with E-state index in [9.17, 15) is 4.79 Å². The first-order chi connectivity index (χ1) is 11.8. The van der Waals surface area contributed by atoms with Gasteiger partial charge in [0.2, 0.25) is 0 Å². The maximum absolute atomic E-state index is 11.9. The van der Waals surface area contributed by atoms with Crippen molar-refractivity contribution in [1.82, 2.24) is 15.0 Å². The fourth-order valence-corrected chi connectivity index (χ4v) is 3.52. The Hall–Kier alpha value is -2.63. The molecule has 0 radical (unpaired) electrons. The molecule has 6 nitrogen and oxygen atoms in total. The second-order valence-electron chi connectivity index (χ2n) is 6.10. The summed E-state index contributed by atoms with van der Waals surface area (Å²) in [4.78, 5) is 26.3. The molecule has 0 spiro atoms. The Morgan fingerprint density at radius 3 is 2.96 bits per heavy atom. The maximum Gasteiger partial charge on any atom is 0.309 e. The number of aromatic amines is 1. The van der Waals surface area contributed by atoms with Crippen molar-refractivity contribution in [3.63, 3.8) is 0 Å². The average Bonchev–Trinajstić information content (AvgIpc) is 3.10. The fraction of sp³-hybridized carbons (Fsp3) is 0.389. The molecule has 0 amide bonds. The van der Waals surface area contributed by atoms with E-state index in [-0.39, 0.29) is 11.9 Å². The van der Waals surface area contributed by atoms with Gasteiger partial charge in [0, 0.05) is 41.9 Å². The lowest BCUT2D eigenvalue weighted by Crippen LogP contribution is -2.37. The summed E-state index contributed by atoms with van der Waals surface area (Å²) >= 11 is 0. The van der Waals surface area contributed by atoms with Crippen LogP contribution in [-0.2, 0) is 9.53 Å². The first-order valence-electron chi connectivity index (χ1n) is 8.40. The van der Waals surface area contributed by atoms with Crippen LogP contribution in [0.25, 0.3) is 21.9 Å². The number of esters is 1. The molecule has 0 saturated carbocycles. The number of nitrogens with zero attached hydrogens (tertiary/aromatic N) is 3. The number of carbonyl (C=O) groups excluding carboxylic acids is 1. The molecule has 6 heteroatoms. The highest BCUT2D eigenvalue weighted by atomic mass is 16.5. The third-order valence-electron chi connectivity index (χ3n) is 4.72. The van der Waals surface area contributed by atoms with Crippen LogP contribution in [-0.4, -0.2) is 40.6 Å². The van der Waals surface area contributed by atoms with Crippen LogP contribution in [0.4, 0.5) is 5.69 Å². The highest BCUT2D eigenvalue weighted by Gasteiger charge is 2.27. The third kappa shape index (κ3) is 2.48. The Kier molecular flexibility index (Phi) is 3.80. The Bertz CT molecular complexity index is 881. The van der Waals surface area contributed by atoms with Gasteiger partial charge in [-0.05, 0) is 31.9 Å². The molecular weight excluding hydrogens is 304 g/mol. The van der Waals surface area contributed by atoms with Crippen LogP contribution in [0.1, 0.15) is 19.8 Å². The predicted molar refractivity (Wildman–Crippen MR) is 93.0 cm³/mol. The topological polar surface area (TPSA) is 71.1 Å². The molecule has 3 aromatic rings. The van der Waals surface area contributed by atoms with Crippen LogP contribution < -0.4 is 4.90 Å². The number of rotatable bonds is 3. The number of hydrogen-bond acceptors (Lipinski definition) is 5. The summed E-state index contributed by atoms with van der Waals surface area (Å²) in [5.41, 5.74) is 2.93. The van der Waals surface area contributed by atoms with E-state index in [1.165, 1.54) is 0 Å². The van der Waals surface area contributed by atoms with Gasteiger partial charge in [-0.2, -0.15) is 0 Å². The first-order valence-corrected chi connectivity index (χ1v) is 8.40. The van der Waals surface area contributed by atoms with E-state index in [0.29, 0.717) is 6.61 Å². The van der Waals surface area contributed by atoms with E-state index in [4.69, 9.17) is 4.74 Å². The van der Waals surface area contributed by atoms with Gasteiger partial charge < -0.3 is 14.6 Å². The second kappa shape index (κ2) is 6.11. The molecular formula is C18H20N4O2. The zero-order chi connectivity index (χ0) is 16.5. The number of ether oxygens (including phenoxy) is 1. The van der Waals surface area contributed by atoms with Crippen molar-refractivity contribution in [2.75, 3.05) is 24.6 Å². The van der Waals surface area contributed by atoms with E-state index in [0.717, 1.165) is 53.6 Å². The third-order valence-corrected chi connectivity index (χ3v) is 4.72. The van der Waals surface area contributed by atoms with Gasteiger partial charge in [-0.1, -0.05) is 0 Å². The smallest absolute Gasteiger partial charge is 0.309 e. The SMILES string of the molecule is CCOC(=O)C1CCN(c2ccnc3cnc4[nH]ccc4c23)CC1. The minimum absolute atomic E-state index is 0.0169. The van der Waals surface area contributed by atoms with Gasteiger partial charge in [0.1, 0.15) is 5.65 Å². The summed E-state index contributed by atoms with van der Waals surface area (Å²) in [5, 5.41) is 2.21. The average molecular weight is 324 g/mol. The molecule has 1 N–H and O–H groups in total. The fourth-order valence-electron chi connectivity index (χ4n) is 3.52. The highest BCUT2D eigenvalue weighted by Crippen LogP contribution is 2.33. The number of nitrogens with one attached hydrogen (secondary N) is 1. The van der Waals surface area contributed by atoms with E-state index < -0.39 is 0 Å². The molecule has 1 saturated heterocycles. The van der Waals surface area contributed by atoms with Crippen LogP contribution in [0.5, 0.6) is 0 Å². The number of H-pyrrole nitrogens is 1. The molecule has 1 aliphatic heterocycles. The lowest BCUT2D eigenvalue weighted by Gasteiger charge is -2.33. The summed E-state index contributed by atoms with van der Waals surface area (Å²) in [6.07, 6.45) is 7.19. The minimum Gasteiger partial charge on any atom is -0.466 e. The molecule has 0 atom stereocenters. The van der Waals surface area contributed by atoms with Crippen molar-refractivity contribution < 1.29 is 9.53 Å². The van der Waals surface area contributed by atoms with Crippen molar-refractivity contribution in [2.45, 2.75) is 19.8 Å². The normalized spacial score (nSPS) is 16.0.